The van der Waals surface area contributed by atoms with Gasteiger partial charge in [-0.1, -0.05) is 62.2 Å². The second kappa shape index (κ2) is 29.4. The number of ether oxygens (including phenoxy) is 2. The second-order valence-electron chi connectivity index (χ2n) is 23.7. The molecule has 10 rings (SSSR count). The van der Waals surface area contributed by atoms with Crippen molar-refractivity contribution < 1.29 is 9.47 Å². The minimum Gasteiger partial charge on any atom is -0.495 e. The molecule has 2 aromatic heterocycles. The molecule has 6 saturated heterocycles. The molecule has 424 valence electrons. The van der Waals surface area contributed by atoms with E-state index >= 15 is 0 Å². The molecular weight excluding hydrogens is 969 g/mol. The number of rotatable bonds is 14. The number of nitrogens with one attached hydrogen (secondary N) is 2. The van der Waals surface area contributed by atoms with E-state index < -0.39 is 0 Å². The second-order valence-corrected chi connectivity index (χ2v) is 23.7. The van der Waals surface area contributed by atoms with Gasteiger partial charge in [-0.2, -0.15) is 9.97 Å². The molecule has 0 amide bonds. The Bertz CT molecular complexity index is 2450. The highest BCUT2D eigenvalue weighted by atomic mass is 16.5. The summed E-state index contributed by atoms with van der Waals surface area (Å²) in [6.07, 6.45) is 24.2. The molecule has 4 aromatic rings. The highest BCUT2D eigenvalue weighted by molar-refractivity contribution is 5.94. The third kappa shape index (κ3) is 16.0. The molecule has 0 atom stereocenters. The number of fused-ring (bicyclic) bond motifs is 2. The maximum absolute atomic E-state index is 5.84. The monoisotopic (exact) mass is 1060 g/mol. The predicted molar refractivity (Wildman–Crippen MR) is 324 cm³/mol. The minimum absolute atomic E-state index is 0.412. The quantitative estimate of drug-likeness (QED) is 0.117. The molecule has 6 aliphatic rings. The van der Waals surface area contributed by atoms with Crippen LogP contribution < -0.4 is 29.9 Å². The SMILES string of the molecule is COc1cc2c(NC3CCN(C(C)C)CC3)nc(N3CCCCCC3)nc2cc1C#CCCN1CCCCC1.COc1cc2c(NC3CCN(C(C)C)CC3)nc(N3CCCCCC3)nc2cc1C#CCCN1CCCCC1. The van der Waals surface area contributed by atoms with Gasteiger partial charge in [-0.3, -0.25) is 0 Å². The van der Waals surface area contributed by atoms with E-state index in [-0.39, 0.29) is 0 Å². The van der Waals surface area contributed by atoms with E-state index in [1.165, 1.54) is 116 Å². The van der Waals surface area contributed by atoms with Crippen molar-refractivity contribution in [2.45, 2.75) is 180 Å². The molecule has 2 N–H and O–H groups in total. The van der Waals surface area contributed by atoms with Gasteiger partial charge in [-0.05, 0) is 155 Å². The summed E-state index contributed by atoms with van der Waals surface area (Å²) >= 11 is 0. The summed E-state index contributed by atoms with van der Waals surface area (Å²) in [5.41, 5.74) is 3.74. The molecule has 0 radical (unpaired) electrons. The third-order valence-corrected chi connectivity index (χ3v) is 17.4. The van der Waals surface area contributed by atoms with Crippen molar-refractivity contribution in [1.82, 2.24) is 39.5 Å². The van der Waals surface area contributed by atoms with Crippen molar-refractivity contribution in [3.63, 3.8) is 0 Å². The number of likely N-dealkylation sites (tertiary alicyclic amines) is 4. The van der Waals surface area contributed by atoms with Crippen LogP contribution in [0.1, 0.15) is 167 Å². The van der Waals surface area contributed by atoms with Gasteiger partial charge in [0.15, 0.2) is 0 Å². The fourth-order valence-electron chi connectivity index (χ4n) is 12.5. The summed E-state index contributed by atoms with van der Waals surface area (Å²) in [5, 5.41) is 9.72. The van der Waals surface area contributed by atoms with Crippen molar-refractivity contribution in [1.29, 1.82) is 0 Å². The molecule has 14 nitrogen and oxygen atoms in total. The van der Waals surface area contributed by atoms with Gasteiger partial charge < -0.3 is 49.5 Å². The zero-order valence-corrected chi connectivity index (χ0v) is 48.9. The molecule has 0 bridgehead atoms. The summed E-state index contributed by atoms with van der Waals surface area (Å²) in [6, 6.07) is 10.5. The van der Waals surface area contributed by atoms with Crippen molar-refractivity contribution in [2.75, 3.05) is 126 Å². The van der Waals surface area contributed by atoms with Crippen molar-refractivity contribution in [3.8, 4) is 35.2 Å². The van der Waals surface area contributed by atoms with Crippen LogP contribution in [0.2, 0.25) is 0 Å². The van der Waals surface area contributed by atoms with Crippen LogP contribution in [0.5, 0.6) is 11.5 Å². The number of hydrogen-bond donors (Lipinski definition) is 2. The summed E-state index contributed by atoms with van der Waals surface area (Å²) in [7, 11) is 3.47. The van der Waals surface area contributed by atoms with Crippen LogP contribution in [-0.4, -0.2) is 170 Å². The number of nitrogens with zero attached hydrogens (tertiary/aromatic N) is 10. The molecule has 0 unspecified atom stereocenters. The Balaban J connectivity index is 0.000000190. The Kier molecular flexibility index (Phi) is 21.7. The van der Waals surface area contributed by atoms with Crippen molar-refractivity contribution in [2.24, 2.45) is 0 Å². The molecule has 0 saturated carbocycles. The van der Waals surface area contributed by atoms with Gasteiger partial charge >= 0.3 is 0 Å². The van der Waals surface area contributed by atoms with Crippen molar-refractivity contribution >= 4 is 45.3 Å². The molecule has 6 fully saturated rings. The molecule has 6 aliphatic heterocycles. The van der Waals surface area contributed by atoms with E-state index in [0.717, 1.165) is 172 Å². The normalized spacial score (nSPS) is 20.1. The third-order valence-electron chi connectivity index (χ3n) is 17.4. The molecular formula is C64H96N12O2. The standard InChI is InChI=1S/2C32H48N6O/c2*1-25(2)37-21-14-27(15-22-37)33-31-28-24-30(39-3)26(13-7-12-18-36-16-8-6-9-17-36)23-29(28)34-32(35-31)38-19-10-4-5-11-20-38/h2*23-25,27H,4-6,8-12,14-22H2,1-3H3,(H,33,34,35). The lowest BCUT2D eigenvalue weighted by molar-refractivity contribution is 0.177. The van der Waals surface area contributed by atoms with Crippen LogP contribution in [0.25, 0.3) is 21.8 Å². The fraction of sp³-hybridized carbons (Fsp3) is 0.688. The highest BCUT2D eigenvalue weighted by Crippen LogP contribution is 2.35. The first-order chi connectivity index (χ1) is 38.2. The number of hydrogen-bond acceptors (Lipinski definition) is 14. The van der Waals surface area contributed by atoms with Crippen LogP contribution in [0, 0.1) is 23.7 Å². The molecule has 78 heavy (non-hydrogen) atoms. The number of aromatic nitrogens is 4. The van der Waals surface area contributed by atoms with E-state index in [0.29, 0.717) is 24.2 Å². The summed E-state index contributed by atoms with van der Waals surface area (Å²) in [4.78, 5) is 35.5. The van der Waals surface area contributed by atoms with E-state index in [9.17, 15) is 0 Å². The molecule has 2 aromatic carbocycles. The lowest BCUT2D eigenvalue weighted by Gasteiger charge is -2.35. The average Bonchev–Trinajstić information content (AvgIpc) is 4.03. The first-order valence-electron chi connectivity index (χ1n) is 30.9. The van der Waals surface area contributed by atoms with Gasteiger partial charge in [-0.15, -0.1) is 0 Å². The van der Waals surface area contributed by atoms with Crippen LogP contribution in [0.15, 0.2) is 24.3 Å². The fourth-order valence-corrected chi connectivity index (χ4v) is 12.5. The summed E-state index contributed by atoms with van der Waals surface area (Å²) in [6.45, 7) is 24.7. The summed E-state index contributed by atoms with van der Waals surface area (Å²) in [5.74, 6) is 18.9. The number of methoxy groups -OCH3 is 2. The van der Waals surface area contributed by atoms with Gasteiger partial charge in [-0.25, -0.2) is 9.97 Å². The van der Waals surface area contributed by atoms with Crippen LogP contribution >= 0.6 is 0 Å². The van der Waals surface area contributed by atoms with Gasteiger partial charge in [0.05, 0.1) is 36.4 Å². The first-order valence-corrected chi connectivity index (χ1v) is 30.9. The zero-order chi connectivity index (χ0) is 54.1. The molecule has 0 spiro atoms. The highest BCUT2D eigenvalue weighted by Gasteiger charge is 2.26. The van der Waals surface area contributed by atoms with Gasteiger partial charge in [0.25, 0.3) is 0 Å². The molecule has 0 aliphatic carbocycles. The van der Waals surface area contributed by atoms with E-state index in [1.807, 2.05) is 0 Å². The summed E-state index contributed by atoms with van der Waals surface area (Å²) < 4.78 is 11.7. The number of piperidine rings is 4. The Morgan fingerprint density at radius 3 is 1.15 bits per heavy atom. The maximum Gasteiger partial charge on any atom is 0.227 e. The van der Waals surface area contributed by atoms with E-state index in [2.05, 4.69) is 116 Å². The molecule has 8 heterocycles. The lowest BCUT2D eigenvalue weighted by atomic mass is 10.0. The Morgan fingerprint density at radius 1 is 0.462 bits per heavy atom. The van der Waals surface area contributed by atoms with Crippen LogP contribution in [0.4, 0.5) is 23.5 Å². The largest absolute Gasteiger partial charge is 0.495 e. The Morgan fingerprint density at radius 2 is 0.808 bits per heavy atom. The van der Waals surface area contributed by atoms with Crippen LogP contribution in [-0.2, 0) is 0 Å². The smallest absolute Gasteiger partial charge is 0.227 e. The Hall–Kier alpha value is -5.12. The number of anilines is 4. The number of benzene rings is 2. The molecule has 14 heteroatoms. The average molecular weight is 1070 g/mol. The van der Waals surface area contributed by atoms with Crippen LogP contribution in [0.3, 0.4) is 0 Å². The first kappa shape index (κ1) is 57.6. The van der Waals surface area contributed by atoms with Gasteiger partial charge in [0.1, 0.15) is 23.1 Å². The Labute approximate surface area is 469 Å². The lowest BCUT2D eigenvalue weighted by Crippen LogP contribution is -2.42. The van der Waals surface area contributed by atoms with Crippen molar-refractivity contribution in [3.05, 3.63) is 35.4 Å². The zero-order valence-electron chi connectivity index (χ0n) is 48.9. The topological polar surface area (TPSA) is 114 Å². The van der Waals surface area contributed by atoms with Gasteiger partial charge in [0.2, 0.25) is 11.9 Å². The van der Waals surface area contributed by atoms with Gasteiger partial charge in [0, 0.05) is 113 Å². The predicted octanol–water partition coefficient (Wildman–Crippen LogP) is 11.1. The van der Waals surface area contributed by atoms with E-state index in [4.69, 9.17) is 29.4 Å². The minimum atomic E-state index is 0.412. The maximum atomic E-state index is 5.84. The van der Waals surface area contributed by atoms with E-state index in [1.54, 1.807) is 14.2 Å².